The molecule has 2 saturated heterocycles. The highest BCUT2D eigenvalue weighted by molar-refractivity contribution is 8.77. The van der Waals surface area contributed by atoms with Crippen LogP contribution in [0.2, 0.25) is 0 Å². The van der Waals surface area contributed by atoms with Crippen molar-refractivity contribution in [2.24, 2.45) is 46.8 Å². The van der Waals surface area contributed by atoms with E-state index in [0.29, 0.717) is 61.2 Å². The van der Waals surface area contributed by atoms with Gasteiger partial charge in [-0.25, -0.2) is 0 Å². The van der Waals surface area contributed by atoms with Crippen LogP contribution in [-0.4, -0.2) is 154 Å². The summed E-state index contributed by atoms with van der Waals surface area (Å²) in [5.74, 6) is 9.76. The lowest BCUT2D eigenvalue weighted by Gasteiger charge is -2.54. The Balaban J connectivity index is 1.07. The van der Waals surface area contributed by atoms with Crippen molar-refractivity contribution in [3.8, 4) is 40.6 Å². The normalized spacial score (nSPS) is 35.1. The Kier molecular flexibility index (Phi) is 23.4. The van der Waals surface area contributed by atoms with Crippen LogP contribution in [0.15, 0.2) is 24.3 Å². The summed E-state index contributed by atoms with van der Waals surface area (Å²) in [7, 11) is 9.58. The van der Waals surface area contributed by atoms with Gasteiger partial charge in [0.2, 0.25) is 11.7 Å². The smallest absolute Gasteiger partial charge is 0.224 e. The molecule has 6 aliphatic rings. The first-order valence-corrected chi connectivity index (χ1v) is 33.3. The Morgan fingerprint density at radius 1 is 0.821 bits per heavy atom. The molecule has 16 atom stereocenters. The minimum Gasteiger partial charge on any atom is -0.504 e. The molecule has 0 radical (unpaired) electrons. The zero-order valence-corrected chi connectivity index (χ0v) is 48.9. The number of aliphatic hydroxyl groups is 6. The average molecular weight is 1160 g/mol. The van der Waals surface area contributed by atoms with Crippen molar-refractivity contribution < 1.29 is 69.3 Å². The van der Waals surface area contributed by atoms with Gasteiger partial charge in [0.1, 0.15) is 6.79 Å². The molecule has 2 saturated carbocycles. The number of hydrogen-bond acceptors (Lipinski definition) is 19. The van der Waals surface area contributed by atoms with Crippen LogP contribution in [0.4, 0.5) is 0 Å². The van der Waals surface area contributed by atoms with Gasteiger partial charge in [-0.2, -0.15) is 0 Å². The molecular weight excluding hydrogens is 1080 g/mol. The van der Waals surface area contributed by atoms with Crippen LogP contribution in [0.1, 0.15) is 119 Å². The second-order valence-electron chi connectivity index (χ2n) is 22.7. The number of nitrogens with one attached hydrogen (secondary N) is 2. The number of fused-ring (bicyclic) bond motifs is 2. The first kappa shape index (κ1) is 61.6. The van der Waals surface area contributed by atoms with Crippen LogP contribution >= 0.6 is 43.2 Å². The molecule has 20 heteroatoms. The lowest BCUT2D eigenvalue weighted by atomic mass is 9.51. The number of carbonyl (C=O) groups excluding carboxylic acids is 1. The lowest BCUT2D eigenvalue weighted by Crippen LogP contribution is -2.53. The summed E-state index contributed by atoms with van der Waals surface area (Å²) < 4.78 is 29.0. The molecule has 2 bridgehead atoms. The molecule has 0 unspecified atom stereocenters. The van der Waals surface area contributed by atoms with Crippen molar-refractivity contribution >= 4 is 49.1 Å². The van der Waals surface area contributed by atoms with Crippen LogP contribution in [0.5, 0.6) is 28.7 Å². The number of rotatable bonds is 15. The highest BCUT2D eigenvalue weighted by Crippen LogP contribution is 2.58. The summed E-state index contributed by atoms with van der Waals surface area (Å²) >= 11 is 0. The van der Waals surface area contributed by atoms with Crippen LogP contribution < -0.4 is 24.8 Å². The Bertz CT molecular complexity index is 2310. The molecule has 10 N–H and O–H groups in total. The van der Waals surface area contributed by atoms with Gasteiger partial charge in [-0.05, 0) is 155 Å². The van der Waals surface area contributed by atoms with Gasteiger partial charge in [-0.3, -0.25) is 4.79 Å². The van der Waals surface area contributed by atoms with E-state index in [9.17, 15) is 45.6 Å². The topological polar surface area (TPSA) is 249 Å². The van der Waals surface area contributed by atoms with Gasteiger partial charge in [0, 0.05) is 85.1 Å². The molecule has 2 aliphatic carbocycles. The van der Waals surface area contributed by atoms with E-state index in [1.165, 1.54) is 28.7 Å². The molecule has 0 aromatic heterocycles. The maximum absolute atomic E-state index is 13.6. The standard InChI is InChI=1S/C58H86N2O14S4/c1-34-8-10-37-11-15-47(64)55-43(57(69)60-45(55)7-6-20-70-2)29-75-76-30-46-40-14-13-39(25-44(40)58(37,28-34)17-4-5-18-59-46)74-51-24-36-9-12-38(72-32-62)26-48(65)42(21-35-22-52(71-3)56(68)53(23-35)73-33-63)50(67)31-77-78-54(16-19-61)41(36)27-49(51)66/h22-24,27,34,37-40,42-48,50,54-55,59,61-68H,5-16,18-21,25-26,28-33H2,1-3H3,(H,60,69)/t34-,37-,38-,39-,40+,42-,43+,44+,45+,46+,47-,48+,50-,54-,55-,58-/m0/s1. The molecule has 4 heterocycles. The molecule has 1 amide bonds. The van der Waals surface area contributed by atoms with E-state index >= 15 is 0 Å². The number of hydrogen-bond donors (Lipinski definition) is 10. The number of phenols is 2. The number of methoxy groups -OCH3 is 2. The minimum atomic E-state index is -1.09. The first-order valence-electron chi connectivity index (χ1n) is 28.4. The number of amides is 1. The van der Waals surface area contributed by atoms with Gasteiger partial charge < -0.3 is 75.2 Å². The molecule has 436 valence electrons. The molecule has 16 nitrogen and oxygen atoms in total. The third kappa shape index (κ3) is 15.0. The summed E-state index contributed by atoms with van der Waals surface area (Å²) in [4.78, 5) is 13.6. The second kappa shape index (κ2) is 29.7. The number of ether oxygens (including phenoxy) is 5. The number of aliphatic hydroxyl groups excluding tert-OH is 6. The summed E-state index contributed by atoms with van der Waals surface area (Å²) in [6, 6.07) is 6.95. The summed E-state index contributed by atoms with van der Waals surface area (Å²) in [6.45, 7) is 2.39. The second-order valence-corrected chi connectivity index (χ2v) is 27.9. The summed E-state index contributed by atoms with van der Waals surface area (Å²) in [6.07, 6.45) is 7.09. The highest BCUT2D eigenvalue weighted by atomic mass is 33.1. The van der Waals surface area contributed by atoms with Crippen LogP contribution in [0.25, 0.3) is 0 Å². The largest absolute Gasteiger partial charge is 0.504 e. The van der Waals surface area contributed by atoms with E-state index in [-0.39, 0.29) is 107 Å². The van der Waals surface area contributed by atoms with Gasteiger partial charge in [-0.1, -0.05) is 62.4 Å². The number of phenolic OH excluding ortho intramolecular Hbond substituents is 2. The van der Waals surface area contributed by atoms with E-state index in [1.54, 1.807) is 36.1 Å². The Morgan fingerprint density at radius 3 is 2.41 bits per heavy atom. The Hall–Kier alpha value is -2.49. The van der Waals surface area contributed by atoms with E-state index in [2.05, 4.69) is 29.4 Å². The fourth-order valence-corrected chi connectivity index (χ4v) is 19.7. The SMILES string of the molecule is COCCC[C@H]1NC(=O)[C@@H]2CSSC[C@H]3NCCC#C[C@@]4(C[C@@H](C)CC[C@H]4CC[C@H](O)[C@H]12)[C@@H]1C[C@@H](Oc2cc4c(cc2O)[C@H](CCO)SSC[C@H](O)[C@@H](Cc2cc(OC)c(O)c(OCO)c2)[C@H](O)C[C@@H](OCO)CC4)CC[C@H]13. The van der Waals surface area contributed by atoms with E-state index < -0.39 is 43.9 Å². The molecule has 78 heavy (non-hydrogen) atoms. The third-order valence-corrected chi connectivity index (χ3v) is 23.3. The first-order chi connectivity index (χ1) is 37.8. The van der Waals surface area contributed by atoms with Crippen molar-refractivity contribution in [3.63, 3.8) is 0 Å². The fraction of sp³-hybridized carbons (Fsp3) is 0.741. The predicted octanol–water partition coefficient (Wildman–Crippen LogP) is 7.14. The molecule has 4 fully saturated rings. The van der Waals surface area contributed by atoms with E-state index in [0.717, 1.165) is 87.6 Å². The lowest BCUT2D eigenvalue weighted by molar-refractivity contribution is -0.123. The van der Waals surface area contributed by atoms with Crippen molar-refractivity contribution in [3.05, 3.63) is 41.0 Å². The quantitative estimate of drug-likeness (QED) is 0.0368. The number of benzene rings is 2. The van der Waals surface area contributed by atoms with Crippen LogP contribution in [0, 0.1) is 58.7 Å². The maximum atomic E-state index is 13.6. The highest BCUT2D eigenvalue weighted by Gasteiger charge is 2.54. The molecule has 8 rings (SSSR count). The van der Waals surface area contributed by atoms with E-state index in [4.69, 9.17) is 23.7 Å². The molecule has 2 aromatic rings. The van der Waals surface area contributed by atoms with Gasteiger partial charge in [-0.15, -0.1) is 5.92 Å². The van der Waals surface area contributed by atoms with E-state index in [1.807, 2.05) is 16.9 Å². The van der Waals surface area contributed by atoms with Crippen molar-refractivity contribution in [1.82, 2.24) is 10.6 Å². The van der Waals surface area contributed by atoms with Crippen LogP contribution in [-0.2, 0) is 27.1 Å². The Morgan fingerprint density at radius 2 is 1.63 bits per heavy atom. The van der Waals surface area contributed by atoms with Crippen molar-refractivity contribution in [1.29, 1.82) is 0 Å². The summed E-state index contributed by atoms with van der Waals surface area (Å²) in [5.41, 5.74) is 1.98. The van der Waals surface area contributed by atoms with Gasteiger partial charge in [0.15, 0.2) is 29.8 Å². The maximum Gasteiger partial charge on any atom is 0.224 e. The van der Waals surface area contributed by atoms with Crippen LogP contribution in [0.3, 0.4) is 0 Å². The van der Waals surface area contributed by atoms with Gasteiger partial charge in [0.05, 0.1) is 43.5 Å². The fourth-order valence-electron chi connectivity index (χ4n) is 14.1. The zero-order chi connectivity index (χ0) is 55.3. The molecule has 4 aliphatic heterocycles. The predicted molar refractivity (Wildman–Crippen MR) is 308 cm³/mol. The van der Waals surface area contributed by atoms with Crippen molar-refractivity contribution in [2.45, 2.75) is 158 Å². The van der Waals surface area contributed by atoms with Crippen molar-refractivity contribution in [2.75, 3.05) is 64.8 Å². The average Bonchev–Trinajstić information content (AvgIpc) is 3.89. The molecular formula is C58H86N2O14S4. The van der Waals surface area contributed by atoms with Gasteiger partial charge in [0.25, 0.3) is 0 Å². The number of aromatic hydroxyl groups is 2. The molecule has 1 spiro atoms. The molecule has 2 aromatic carbocycles. The number of aryl methyl sites for hydroxylation is 1. The Labute approximate surface area is 477 Å². The summed E-state index contributed by atoms with van der Waals surface area (Å²) in [5, 5.41) is 95.7. The number of carbonyl (C=O) groups is 1. The van der Waals surface area contributed by atoms with Gasteiger partial charge >= 0.3 is 0 Å². The zero-order valence-electron chi connectivity index (χ0n) is 45.6. The minimum absolute atomic E-state index is 0.00421. The third-order valence-electron chi connectivity index (χ3n) is 18.0. The monoisotopic (exact) mass is 1160 g/mol.